The van der Waals surface area contributed by atoms with E-state index in [0.29, 0.717) is 5.57 Å². The van der Waals surface area contributed by atoms with Crippen LogP contribution in [0.1, 0.15) is 6.42 Å². The second-order valence-electron chi connectivity index (χ2n) is 7.12. The largest absolute Gasteiger partial charge is 0.477 e. The summed E-state index contributed by atoms with van der Waals surface area (Å²) in [7, 11) is -3.52. The van der Waals surface area contributed by atoms with E-state index in [-0.39, 0.29) is 29.6 Å². The molecule has 13 nitrogen and oxygen atoms in total. The van der Waals surface area contributed by atoms with Gasteiger partial charge in [0.25, 0.3) is 5.91 Å². The molecule has 3 atom stereocenters. The number of thioether (sulfide) groups is 3. The number of nitrogens with zero attached hydrogens (tertiary/aromatic N) is 4. The van der Waals surface area contributed by atoms with Gasteiger partial charge in [-0.1, -0.05) is 11.8 Å². The number of halogens is 3. The molecule has 0 spiro atoms. The number of alkyl halides is 3. The lowest BCUT2D eigenvalue weighted by molar-refractivity contribution is -0.150. The quantitative estimate of drug-likeness (QED) is 0.197. The molecule has 0 saturated carbocycles. The summed E-state index contributed by atoms with van der Waals surface area (Å²) in [6.07, 6.45) is 1.10. The summed E-state index contributed by atoms with van der Waals surface area (Å²) in [5.41, 5.74) is -4.65. The molecule has 2 amide bonds. The fourth-order valence-electron chi connectivity index (χ4n) is 3.26. The number of carbonyl (C=O) groups excluding carboxylic acids is 2. The van der Waals surface area contributed by atoms with Crippen LogP contribution in [-0.2, 0) is 24.4 Å². The Morgan fingerprint density at radius 2 is 2.11 bits per heavy atom. The van der Waals surface area contributed by atoms with Gasteiger partial charge < -0.3 is 10.4 Å². The van der Waals surface area contributed by atoms with E-state index in [1.807, 2.05) is 0 Å². The van der Waals surface area contributed by atoms with Gasteiger partial charge in [-0.25, -0.2) is 17.9 Å². The Kier molecular flexibility index (Phi) is 8.60. The molecular formula is C15H18F3N7O6S4. The number of sulfonamides is 1. The smallest absolute Gasteiger partial charge is 0.442 e. The van der Waals surface area contributed by atoms with E-state index < -0.39 is 67.5 Å². The molecule has 1 aromatic rings. The predicted molar refractivity (Wildman–Crippen MR) is 119 cm³/mol. The first-order valence-corrected chi connectivity index (χ1v) is 14.3. The topological polar surface area (TPSA) is 187 Å². The summed E-state index contributed by atoms with van der Waals surface area (Å²) in [5, 5.41) is 24.1. The first kappa shape index (κ1) is 27.6. The number of hydrogen-bond acceptors (Lipinski definition) is 11. The maximum absolute atomic E-state index is 12.7. The van der Waals surface area contributed by atoms with Gasteiger partial charge >= 0.3 is 11.5 Å². The molecule has 194 valence electrons. The van der Waals surface area contributed by atoms with Crippen molar-refractivity contribution in [2.45, 2.75) is 33.8 Å². The van der Waals surface area contributed by atoms with Crippen LogP contribution in [-0.4, -0.2) is 103 Å². The lowest BCUT2D eigenvalue weighted by Crippen LogP contribution is -2.71. The standard InChI is InChI=1S/C15H18F3N7O6S4/c1-35(30,31)19-3-2-7(34-14-21-23-24-22-14)6-4-32-12-9(11(27)25(12)10(6)13(28)29)20-8(26)5-33-15(16,17)18/h7,9,12,19H,2-5H2,1H3,(H,20,26)(H,28,29)(H,21,22,23,24)/t7?,9-,12+/m1/s1. The van der Waals surface area contributed by atoms with Gasteiger partial charge in [0.05, 0.1) is 12.0 Å². The van der Waals surface area contributed by atoms with Gasteiger partial charge in [0, 0.05) is 17.5 Å². The Labute approximate surface area is 208 Å². The van der Waals surface area contributed by atoms with Crippen molar-refractivity contribution in [2.24, 2.45) is 0 Å². The van der Waals surface area contributed by atoms with Crippen molar-refractivity contribution in [1.82, 2.24) is 35.6 Å². The zero-order valence-electron chi connectivity index (χ0n) is 17.6. The number of aromatic nitrogens is 4. The number of carboxylic acids is 1. The van der Waals surface area contributed by atoms with Gasteiger partial charge in [0.1, 0.15) is 17.1 Å². The van der Waals surface area contributed by atoms with E-state index in [4.69, 9.17) is 0 Å². The minimum absolute atomic E-state index is 0.0393. The Morgan fingerprint density at radius 3 is 2.69 bits per heavy atom. The number of β-lactam (4-membered cyclic amide) rings is 1. The lowest BCUT2D eigenvalue weighted by atomic mass is 10.0. The van der Waals surface area contributed by atoms with Crippen molar-refractivity contribution in [1.29, 1.82) is 0 Å². The molecule has 2 aliphatic rings. The maximum atomic E-state index is 12.7. The molecule has 1 unspecified atom stereocenters. The Hall–Kier alpha value is -2.03. The number of tetrazole rings is 1. The lowest BCUT2D eigenvalue weighted by Gasteiger charge is -2.50. The van der Waals surface area contributed by atoms with Gasteiger partial charge in [-0.05, 0) is 29.0 Å². The van der Waals surface area contributed by atoms with Crippen LogP contribution in [0, 0.1) is 0 Å². The van der Waals surface area contributed by atoms with E-state index in [1.165, 1.54) is 0 Å². The molecule has 0 radical (unpaired) electrons. The number of rotatable bonds is 11. The van der Waals surface area contributed by atoms with Crippen molar-refractivity contribution in [3.05, 3.63) is 11.3 Å². The molecule has 0 aromatic carbocycles. The fraction of sp³-hybridized carbons (Fsp3) is 0.600. The number of fused-ring (bicyclic) bond motifs is 1. The summed E-state index contributed by atoms with van der Waals surface area (Å²) in [4.78, 5) is 37.7. The van der Waals surface area contributed by atoms with E-state index in [2.05, 4.69) is 30.7 Å². The number of aromatic amines is 1. The highest BCUT2D eigenvalue weighted by atomic mass is 32.2. The average Bonchev–Trinajstić information content (AvgIpc) is 3.26. The van der Waals surface area contributed by atoms with E-state index in [9.17, 15) is 41.1 Å². The zero-order chi connectivity index (χ0) is 26.0. The van der Waals surface area contributed by atoms with Gasteiger partial charge in [0.2, 0.25) is 21.1 Å². The summed E-state index contributed by atoms with van der Waals surface area (Å²) in [5.74, 6) is -4.05. The second kappa shape index (κ2) is 10.9. The normalized spacial score (nSPS) is 21.4. The van der Waals surface area contributed by atoms with E-state index in [0.717, 1.165) is 34.7 Å². The second-order valence-corrected chi connectivity index (χ2v) is 12.3. The van der Waals surface area contributed by atoms with Crippen LogP contribution >= 0.6 is 35.3 Å². The van der Waals surface area contributed by atoms with Gasteiger partial charge in [-0.2, -0.15) is 18.4 Å². The van der Waals surface area contributed by atoms with Crippen molar-refractivity contribution in [2.75, 3.05) is 24.3 Å². The van der Waals surface area contributed by atoms with Crippen molar-refractivity contribution < 1.29 is 41.1 Å². The van der Waals surface area contributed by atoms with Crippen LogP contribution in [0.3, 0.4) is 0 Å². The van der Waals surface area contributed by atoms with Gasteiger partial charge in [-0.15, -0.1) is 22.0 Å². The predicted octanol–water partition coefficient (Wildman–Crippen LogP) is -0.409. The molecule has 1 saturated heterocycles. The molecule has 35 heavy (non-hydrogen) atoms. The number of carboxylic acid groups (broad SMARTS) is 1. The number of carbonyl (C=O) groups is 3. The third kappa shape index (κ3) is 7.24. The molecular weight excluding hydrogens is 559 g/mol. The molecule has 3 rings (SSSR count). The first-order valence-electron chi connectivity index (χ1n) is 9.52. The maximum Gasteiger partial charge on any atom is 0.442 e. The molecule has 0 bridgehead atoms. The molecule has 2 aliphatic heterocycles. The summed E-state index contributed by atoms with van der Waals surface area (Å²) in [6, 6.07) is -1.17. The van der Waals surface area contributed by atoms with Crippen molar-refractivity contribution >= 4 is 63.1 Å². The number of H-pyrrole nitrogens is 1. The molecule has 20 heteroatoms. The number of amides is 2. The highest BCUT2D eigenvalue weighted by molar-refractivity contribution is 8.01. The number of aliphatic carboxylic acids is 1. The Balaban J connectivity index is 1.79. The monoisotopic (exact) mass is 577 g/mol. The highest BCUT2D eigenvalue weighted by Gasteiger charge is 2.55. The summed E-state index contributed by atoms with van der Waals surface area (Å²) >= 11 is 1.60. The van der Waals surface area contributed by atoms with Crippen LogP contribution in [0.4, 0.5) is 13.2 Å². The van der Waals surface area contributed by atoms with Gasteiger partial charge in [0.15, 0.2) is 0 Å². The SMILES string of the molecule is CS(=O)(=O)NCCC(Sc1nn[nH]n1)C1=C(C(=O)O)N2C(=O)[C@@H](NC(=O)CSC(F)(F)F)[C@@H]2SC1. The Bertz CT molecular complexity index is 1110. The summed E-state index contributed by atoms with van der Waals surface area (Å²) < 4.78 is 62.1. The Morgan fingerprint density at radius 1 is 1.40 bits per heavy atom. The minimum atomic E-state index is -4.61. The van der Waals surface area contributed by atoms with Crippen LogP contribution in [0.15, 0.2) is 16.4 Å². The fourth-order valence-corrected chi connectivity index (χ4v) is 6.67. The van der Waals surface area contributed by atoms with Crippen LogP contribution in [0.5, 0.6) is 0 Å². The van der Waals surface area contributed by atoms with Gasteiger partial charge in [-0.3, -0.25) is 14.5 Å². The number of nitrogens with one attached hydrogen (secondary N) is 3. The molecule has 4 N–H and O–H groups in total. The molecule has 1 fully saturated rings. The van der Waals surface area contributed by atoms with Crippen molar-refractivity contribution in [3.8, 4) is 0 Å². The van der Waals surface area contributed by atoms with Crippen LogP contribution < -0.4 is 10.0 Å². The van der Waals surface area contributed by atoms with Crippen molar-refractivity contribution in [3.63, 3.8) is 0 Å². The third-order valence-electron chi connectivity index (χ3n) is 4.62. The van der Waals surface area contributed by atoms with E-state index >= 15 is 0 Å². The molecule has 3 heterocycles. The first-order chi connectivity index (χ1) is 16.3. The summed E-state index contributed by atoms with van der Waals surface area (Å²) in [6.45, 7) is -0.0393. The average molecular weight is 578 g/mol. The minimum Gasteiger partial charge on any atom is -0.477 e. The van der Waals surface area contributed by atoms with E-state index in [1.54, 1.807) is 0 Å². The number of hydrogen-bond donors (Lipinski definition) is 4. The highest BCUT2D eigenvalue weighted by Crippen LogP contribution is 2.44. The molecule has 1 aromatic heterocycles. The zero-order valence-corrected chi connectivity index (χ0v) is 20.9. The third-order valence-corrected chi connectivity index (χ3v) is 8.57. The molecule has 0 aliphatic carbocycles. The van der Waals surface area contributed by atoms with Crippen LogP contribution in [0.2, 0.25) is 0 Å². The van der Waals surface area contributed by atoms with Crippen LogP contribution in [0.25, 0.3) is 0 Å².